The normalized spacial score (nSPS) is 10.5. The fourth-order valence-electron chi connectivity index (χ4n) is 1.94. The summed E-state index contributed by atoms with van der Waals surface area (Å²) in [5, 5.41) is 22.4. The van der Waals surface area contributed by atoms with Crippen molar-refractivity contribution >= 4 is 28.7 Å². The summed E-state index contributed by atoms with van der Waals surface area (Å²) < 4.78 is 0. The number of nitrogens with zero attached hydrogens (tertiary/aromatic N) is 4. The second-order valence-corrected chi connectivity index (χ2v) is 5.60. The Morgan fingerprint density at radius 1 is 1.50 bits per heavy atom. The number of aromatic nitrogens is 4. The van der Waals surface area contributed by atoms with Crippen molar-refractivity contribution in [2.75, 3.05) is 5.32 Å². The summed E-state index contributed by atoms with van der Waals surface area (Å²) in [5.41, 5.74) is 4.87. The molecule has 0 aliphatic carbocycles. The van der Waals surface area contributed by atoms with Crippen LogP contribution in [0.4, 0.5) is 11.5 Å². The highest BCUT2D eigenvalue weighted by molar-refractivity contribution is 7.13. The van der Waals surface area contributed by atoms with Crippen molar-refractivity contribution in [3.05, 3.63) is 51.3 Å². The van der Waals surface area contributed by atoms with Crippen molar-refractivity contribution in [3.8, 4) is 10.7 Å². The number of rotatable bonds is 6. The Bertz CT molecular complexity index is 891. The lowest BCUT2D eigenvalue weighted by molar-refractivity contribution is -0.385. The summed E-state index contributed by atoms with van der Waals surface area (Å²) in [6, 6.07) is 4.87. The Morgan fingerprint density at radius 3 is 3.00 bits per heavy atom. The third-order valence-corrected chi connectivity index (χ3v) is 3.91. The maximum absolute atomic E-state index is 11.5. The number of hydrogen-bond acceptors (Lipinski definition) is 8. The average Bonchev–Trinajstić information content (AvgIpc) is 3.23. The third-order valence-electron chi connectivity index (χ3n) is 3.05. The van der Waals surface area contributed by atoms with E-state index in [1.54, 1.807) is 0 Å². The molecule has 4 N–H and O–H groups in total. The van der Waals surface area contributed by atoms with Crippen molar-refractivity contribution in [1.29, 1.82) is 0 Å². The highest BCUT2D eigenvalue weighted by Gasteiger charge is 2.16. The number of pyridine rings is 1. The van der Waals surface area contributed by atoms with Crippen LogP contribution >= 0.6 is 11.3 Å². The highest BCUT2D eigenvalue weighted by Crippen LogP contribution is 2.21. The number of primary amides is 1. The van der Waals surface area contributed by atoms with Crippen LogP contribution < -0.4 is 11.1 Å². The highest BCUT2D eigenvalue weighted by atomic mass is 32.1. The molecule has 0 fully saturated rings. The van der Waals surface area contributed by atoms with Crippen LogP contribution in [0.25, 0.3) is 10.7 Å². The van der Waals surface area contributed by atoms with E-state index in [0.29, 0.717) is 11.6 Å². The summed E-state index contributed by atoms with van der Waals surface area (Å²) in [6.07, 6.45) is 1.05. The second-order valence-electron chi connectivity index (χ2n) is 4.65. The predicted molar refractivity (Wildman–Crippen MR) is 86.4 cm³/mol. The Hall–Kier alpha value is -3.34. The summed E-state index contributed by atoms with van der Waals surface area (Å²) in [6.45, 7) is 0.198. The van der Waals surface area contributed by atoms with Gasteiger partial charge in [-0.2, -0.15) is 5.10 Å². The van der Waals surface area contributed by atoms with Gasteiger partial charge in [0, 0.05) is 6.07 Å². The first-order chi connectivity index (χ1) is 11.5. The molecule has 0 bridgehead atoms. The molecule has 0 aliphatic heterocycles. The van der Waals surface area contributed by atoms with Gasteiger partial charge >= 0.3 is 0 Å². The molecule has 0 spiro atoms. The quantitative estimate of drug-likeness (QED) is 0.452. The number of anilines is 1. The molecule has 0 radical (unpaired) electrons. The Balaban J connectivity index is 1.77. The molecule has 122 valence electrons. The van der Waals surface area contributed by atoms with Gasteiger partial charge in [0.2, 0.25) is 0 Å². The molecule has 3 aromatic rings. The number of nitrogens with two attached hydrogens (primary N) is 1. The molecular formula is C13H11N7O3S. The molecular weight excluding hydrogens is 334 g/mol. The van der Waals surface area contributed by atoms with Crippen LogP contribution in [0, 0.1) is 10.1 Å². The van der Waals surface area contributed by atoms with Gasteiger partial charge in [0.25, 0.3) is 11.6 Å². The van der Waals surface area contributed by atoms with Crippen LogP contribution in [0.3, 0.4) is 0 Å². The number of nitrogens with one attached hydrogen (secondary N) is 2. The van der Waals surface area contributed by atoms with Crippen LogP contribution in [-0.4, -0.2) is 31.0 Å². The first kappa shape index (κ1) is 15.6. The zero-order valence-corrected chi connectivity index (χ0v) is 12.9. The molecule has 0 atom stereocenters. The molecule has 24 heavy (non-hydrogen) atoms. The lowest BCUT2D eigenvalue weighted by Gasteiger charge is -2.07. The first-order valence-electron chi connectivity index (χ1n) is 6.68. The average molecular weight is 345 g/mol. The van der Waals surface area contributed by atoms with E-state index in [1.807, 2.05) is 17.5 Å². The molecule has 10 nitrogen and oxygen atoms in total. The van der Waals surface area contributed by atoms with Gasteiger partial charge in [0.1, 0.15) is 17.8 Å². The van der Waals surface area contributed by atoms with Gasteiger partial charge in [-0.25, -0.2) is 9.97 Å². The monoisotopic (exact) mass is 345 g/mol. The summed E-state index contributed by atoms with van der Waals surface area (Å²) in [5.74, 6) is 0.412. The van der Waals surface area contributed by atoms with Gasteiger partial charge in [-0.3, -0.25) is 20.0 Å². The Kier molecular flexibility index (Phi) is 4.16. The largest absolute Gasteiger partial charge is 0.365 e. The Labute approximate surface area is 138 Å². The first-order valence-corrected chi connectivity index (χ1v) is 7.56. The zero-order chi connectivity index (χ0) is 17.1. The van der Waals surface area contributed by atoms with Gasteiger partial charge < -0.3 is 11.1 Å². The van der Waals surface area contributed by atoms with Gasteiger partial charge in [0.15, 0.2) is 5.82 Å². The maximum Gasteiger partial charge on any atom is 0.288 e. The lowest BCUT2D eigenvalue weighted by atomic mass is 10.2. The maximum atomic E-state index is 11.5. The SMILES string of the molecule is NC(=O)c1cc([N+](=O)[O-])cnc1NCc1nc(-c2cccs2)n[nH]1. The number of nitro groups is 1. The molecule has 3 rings (SSSR count). The third kappa shape index (κ3) is 3.20. The topological polar surface area (TPSA) is 153 Å². The van der Waals surface area contributed by atoms with Crippen molar-refractivity contribution in [2.24, 2.45) is 5.73 Å². The molecule has 0 unspecified atom stereocenters. The van der Waals surface area contributed by atoms with Crippen LogP contribution in [-0.2, 0) is 6.54 Å². The molecule has 0 aliphatic rings. The van der Waals surface area contributed by atoms with Crippen molar-refractivity contribution in [2.45, 2.75) is 6.54 Å². The number of carbonyl (C=O) groups is 1. The Morgan fingerprint density at radius 2 is 2.33 bits per heavy atom. The minimum Gasteiger partial charge on any atom is -0.365 e. The van der Waals surface area contributed by atoms with Crippen LogP contribution in [0.1, 0.15) is 16.2 Å². The molecule has 0 aromatic carbocycles. The number of amides is 1. The van der Waals surface area contributed by atoms with E-state index in [4.69, 9.17) is 5.73 Å². The standard InChI is InChI=1S/C13H11N7O3S/c14-11(21)8-4-7(20(22)23)5-15-12(8)16-6-10-17-13(19-18-10)9-2-1-3-24-9/h1-5H,6H2,(H2,14,21)(H,15,16)(H,17,18,19). The number of aromatic amines is 1. The van der Waals surface area contributed by atoms with Crippen molar-refractivity contribution < 1.29 is 9.72 Å². The molecule has 0 saturated heterocycles. The number of hydrogen-bond donors (Lipinski definition) is 3. The fraction of sp³-hybridized carbons (Fsp3) is 0.0769. The molecule has 1 amide bonds. The van der Waals surface area contributed by atoms with Gasteiger partial charge in [-0.05, 0) is 11.4 Å². The van der Waals surface area contributed by atoms with Crippen molar-refractivity contribution in [3.63, 3.8) is 0 Å². The van der Waals surface area contributed by atoms with E-state index < -0.39 is 10.8 Å². The van der Waals surface area contributed by atoms with E-state index >= 15 is 0 Å². The fourth-order valence-corrected chi connectivity index (χ4v) is 2.60. The molecule has 11 heteroatoms. The van der Waals surface area contributed by atoms with Gasteiger partial charge in [-0.15, -0.1) is 11.3 Å². The van der Waals surface area contributed by atoms with Gasteiger partial charge in [-0.1, -0.05) is 6.07 Å². The summed E-state index contributed by atoms with van der Waals surface area (Å²) in [4.78, 5) is 30.7. The van der Waals surface area contributed by atoms with E-state index in [1.165, 1.54) is 11.3 Å². The molecule has 0 saturated carbocycles. The van der Waals surface area contributed by atoms with Crippen LogP contribution in [0.2, 0.25) is 0 Å². The molecule has 3 heterocycles. The summed E-state index contributed by atoms with van der Waals surface area (Å²) >= 11 is 1.51. The summed E-state index contributed by atoms with van der Waals surface area (Å²) in [7, 11) is 0. The number of carbonyl (C=O) groups excluding carboxylic acids is 1. The van der Waals surface area contributed by atoms with Crippen LogP contribution in [0.5, 0.6) is 0 Å². The molecule has 3 aromatic heterocycles. The van der Waals surface area contributed by atoms with Crippen LogP contribution in [0.15, 0.2) is 29.8 Å². The van der Waals surface area contributed by atoms with E-state index in [0.717, 1.165) is 17.1 Å². The zero-order valence-electron chi connectivity index (χ0n) is 12.1. The predicted octanol–water partition coefficient (Wildman–Crippen LogP) is 1.55. The smallest absolute Gasteiger partial charge is 0.288 e. The lowest BCUT2D eigenvalue weighted by Crippen LogP contribution is -2.16. The second kappa shape index (κ2) is 6.42. The van der Waals surface area contributed by atoms with Crippen molar-refractivity contribution in [1.82, 2.24) is 20.2 Å². The minimum absolute atomic E-state index is 0.0674. The number of H-pyrrole nitrogens is 1. The number of thiophene rings is 1. The van der Waals surface area contributed by atoms with E-state index in [2.05, 4.69) is 25.5 Å². The minimum atomic E-state index is -0.814. The van der Waals surface area contributed by atoms with E-state index in [-0.39, 0.29) is 23.6 Å². The van der Waals surface area contributed by atoms with Gasteiger partial charge in [0.05, 0.1) is 21.9 Å². The van der Waals surface area contributed by atoms with E-state index in [9.17, 15) is 14.9 Å².